The summed E-state index contributed by atoms with van der Waals surface area (Å²) in [5.41, 5.74) is 1.89. The number of hydrogen-bond acceptors (Lipinski definition) is 3. The van der Waals surface area contributed by atoms with Crippen LogP contribution >= 0.6 is 0 Å². The summed E-state index contributed by atoms with van der Waals surface area (Å²) in [6.45, 7) is 9.55. The Bertz CT molecular complexity index is 752. The van der Waals surface area contributed by atoms with Gasteiger partial charge >= 0.3 is 6.03 Å². The van der Waals surface area contributed by atoms with Crippen LogP contribution in [0.1, 0.15) is 13.3 Å². The molecule has 1 aromatic carbocycles. The van der Waals surface area contributed by atoms with Gasteiger partial charge in [-0.2, -0.15) is 0 Å². The number of urea groups is 1. The Kier molecular flexibility index (Phi) is 5.45. The summed E-state index contributed by atoms with van der Waals surface area (Å²) in [4.78, 5) is 19.7. The molecule has 1 atom stereocenters. The van der Waals surface area contributed by atoms with Crippen LogP contribution in [-0.4, -0.2) is 77.2 Å². The van der Waals surface area contributed by atoms with E-state index in [2.05, 4.69) is 22.0 Å². The van der Waals surface area contributed by atoms with Crippen LogP contribution in [0.4, 0.5) is 10.5 Å². The van der Waals surface area contributed by atoms with E-state index in [1.54, 1.807) is 0 Å². The molecule has 144 valence electrons. The lowest BCUT2D eigenvalue weighted by atomic mass is 10.2. The fourth-order valence-corrected chi connectivity index (χ4v) is 4.12. The quantitative estimate of drug-likeness (QED) is 0.904. The highest BCUT2D eigenvalue weighted by Gasteiger charge is 2.31. The highest BCUT2D eigenvalue weighted by molar-refractivity contribution is 5.89. The van der Waals surface area contributed by atoms with Crippen LogP contribution in [-0.2, 0) is 0 Å². The Morgan fingerprint density at radius 3 is 2.59 bits per heavy atom. The summed E-state index contributed by atoms with van der Waals surface area (Å²) >= 11 is 0. The van der Waals surface area contributed by atoms with Gasteiger partial charge in [0.1, 0.15) is 0 Å². The normalized spacial score (nSPS) is 21.5. The average Bonchev–Trinajstić information content (AvgIpc) is 3.40. The Hall–Kier alpha value is -2.31. The summed E-state index contributed by atoms with van der Waals surface area (Å²) in [7, 11) is 0. The van der Waals surface area contributed by atoms with Crippen LogP contribution in [0.3, 0.4) is 0 Å². The summed E-state index contributed by atoms with van der Waals surface area (Å²) in [6, 6.07) is 12.5. The number of aromatic nitrogens is 1. The maximum absolute atomic E-state index is 12.7. The molecule has 6 nitrogen and oxygen atoms in total. The largest absolute Gasteiger partial charge is 0.324 e. The number of likely N-dealkylation sites (tertiary alicyclic amines) is 1. The van der Waals surface area contributed by atoms with E-state index in [1.807, 2.05) is 58.3 Å². The number of nitrogens with zero attached hydrogens (tertiary/aromatic N) is 4. The molecule has 4 rings (SSSR count). The maximum atomic E-state index is 12.7. The number of nitrogens with one attached hydrogen (secondary N) is 1. The molecule has 27 heavy (non-hydrogen) atoms. The molecule has 2 aliphatic rings. The van der Waals surface area contributed by atoms with Crippen molar-refractivity contribution in [2.75, 3.05) is 51.1 Å². The zero-order valence-electron chi connectivity index (χ0n) is 16.1. The van der Waals surface area contributed by atoms with Crippen LogP contribution in [0.15, 0.2) is 48.8 Å². The predicted molar refractivity (Wildman–Crippen MR) is 108 cm³/mol. The van der Waals surface area contributed by atoms with Crippen molar-refractivity contribution in [3.8, 4) is 5.69 Å². The van der Waals surface area contributed by atoms with Crippen LogP contribution in [0.25, 0.3) is 5.69 Å². The molecule has 0 aliphatic carbocycles. The highest BCUT2D eigenvalue weighted by Crippen LogP contribution is 2.20. The van der Waals surface area contributed by atoms with E-state index in [1.165, 1.54) is 0 Å². The van der Waals surface area contributed by atoms with Gasteiger partial charge in [-0.05, 0) is 43.3 Å². The maximum Gasteiger partial charge on any atom is 0.321 e. The van der Waals surface area contributed by atoms with Gasteiger partial charge in [-0.15, -0.1) is 0 Å². The van der Waals surface area contributed by atoms with Gasteiger partial charge in [0.25, 0.3) is 0 Å². The first kappa shape index (κ1) is 18.1. The molecule has 0 bridgehead atoms. The summed E-state index contributed by atoms with van der Waals surface area (Å²) in [5.74, 6) is 0. The van der Waals surface area contributed by atoms with Crippen molar-refractivity contribution in [2.45, 2.75) is 19.4 Å². The average molecular weight is 367 g/mol. The van der Waals surface area contributed by atoms with Gasteiger partial charge < -0.3 is 19.7 Å². The smallest absolute Gasteiger partial charge is 0.321 e. The molecule has 1 aromatic heterocycles. The molecule has 0 spiro atoms. The number of anilines is 1. The van der Waals surface area contributed by atoms with Crippen LogP contribution in [0.5, 0.6) is 0 Å². The van der Waals surface area contributed by atoms with Crippen molar-refractivity contribution >= 4 is 11.7 Å². The Balaban J connectivity index is 1.33. The van der Waals surface area contributed by atoms with Gasteiger partial charge in [0.05, 0.1) is 0 Å². The van der Waals surface area contributed by atoms with Gasteiger partial charge in [-0.25, -0.2) is 4.79 Å². The van der Waals surface area contributed by atoms with Crippen molar-refractivity contribution in [3.05, 3.63) is 48.8 Å². The third-order valence-electron chi connectivity index (χ3n) is 5.82. The second-order valence-electron chi connectivity index (χ2n) is 7.43. The topological polar surface area (TPSA) is 43.8 Å². The fraction of sp³-hybridized carbons (Fsp3) is 0.476. The first-order valence-electron chi connectivity index (χ1n) is 9.98. The van der Waals surface area contributed by atoms with E-state index in [-0.39, 0.29) is 6.03 Å². The van der Waals surface area contributed by atoms with Crippen molar-refractivity contribution in [3.63, 3.8) is 0 Å². The lowest BCUT2D eigenvalue weighted by Crippen LogP contribution is -2.51. The van der Waals surface area contributed by atoms with Crippen molar-refractivity contribution in [1.82, 2.24) is 19.3 Å². The Morgan fingerprint density at radius 2 is 1.85 bits per heavy atom. The van der Waals surface area contributed by atoms with Gasteiger partial charge in [-0.1, -0.05) is 13.0 Å². The molecule has 0 saturated carbocycles. The number of likely N-dealkylation sites (N-methyl/N-ethyl adjacent to an activating group) is 1. The third-order valence-corrected chi connectivity index (χ3v) is 5.82. The van der Waals surface area contributed by atoms with Gasteiger partial charge in [0, 0.05) is 69.1 Å². The van der Waals surface area contributed by atoms with Crippen molar-refractivity contribution in [1.29, 1.82) is 0 Å². The number of hydrogen-bond donors (Lipinski definition) is 1. The second-order valence-corrected chi connectivity index (χ2v) is 7.43. The number of benzene rings is 1. The van der Waals surface area contributed by atoms with Gasteiger partial charge in [-0.3, -0.25) is 4.90 Å². The first-order valence-corrected chi connectivity index (χ1v) is 9.98. The van der Waals surface area contributed by atoms with E-state index >= 15 is 0 Å². The number of carbonyl (C=O) groups is 1. The number of rotatable bonds is 4. The minimum Gasteiger partial charge on any atom is -0.324 e. The molecule has 2 fully saturated rings. The van der Waals surface area contributed by atoms with Crippen LogP contribution in [0.2, 0.25) is 0 Å². The van der Waals surface area contributed by atoms with E-state index in [9.17, 15) is 4.79 Å². The summed E-state index contributed by atoms with van der Waals surface area (Å²) < 4.78 is 2.04. The summed E-state index contributed by atoms with van der Waals surface area (Å²) in [5, 5.41) is 3.07. The van der Waals surface area contributed by atoms with E-state index < -0.39 is 0 Å². The molecule has 2 saturated heterocycles. The molecule has 0 unspecified atom stereocenters. The zero-order chi connectivity index (χ0) is 18.6. The van der Waals surface area contributed by atoms with E-state index in [0.717, 1.165) is 63.6 Å². The number of carbonyl (C=O) groups excluding carboxylic acids is 1. The number of piperazine rings is 1. The Labute approximate surface area is 161 Å². The molecule has 2 aromatic rings. The SMILES string of the molecule is CCN1CCN([C@H]2CCN(C(=O)Nc3cccc(-n4cccc4)c3)C2)CC1. The monoisotopic (exact) mass is 367 g/mol. The molecule has 2 amide bonds. The molecule has 0 radical (unpaired) electrons. The Morgan fingerprint density at radius 1 is 1.07 bits per heavy atom. The van der Waals surface area contributed by atoms with Gasteiger partial charge in [0.15, 0.2) is 0 Å². The first-order chi connectivity index (χ1) is 13.2. The molecule has 3 heterocycles. The van der Waals surface area contributed by atoms with Crippen LogP contribution < -0.4 is 5.32 Å². The second kappa shape index (κ2) is 8.15. The van der Waals surface area contributed by atoms with Gasteiger partial charge in [0.2, 0.25) is 0 Å². The molecule has 2 aliphatic heterocycles. The fourth-order valence-electron chi connectivity index (χ4n) is 4.12. The molecular formula is C21H29N5O. The molecule has 6 heteroatoms. The van der Waals surface area contributed by atoms with E-state index in [4.69, 9.17) is 0 Å². The minimum absolute atomic E-state index is 0.00866. The van der Waals surface area contributed by atoms with E-state index in [0.29, 0.717) is 6.04 Å². The van der Waals surface area contributed by atoms with Crippen molar-refractivity contribution in [2.24, 2.45) is 0 Å². The molecule has 1 N–H and O–H groups in total. The third kappa shape index (κ3) is 4.17. The minimum atomic E-state index is 0.00866. The van der Waals surface area contributed by atoms with Crippen molar-refractivity contribution < 1.29 is 4.79 Å². The predicted octanol–water partition coefficient (Wildman–Crippen LogP) is 2.72. The lowest BCUT2D eigenvalue weighted by Gasteiger charge is -2.37. The molecular weight excluding hydrogens is 338 g/mol. The lowest BCUT2D eigenvalue weighted by molar-refractivity contribution is 0.103. The zero-order valence-corrected chi connectivity index (χ0v) is 16.1. The standard InChI is InChI=1S/C21H29N5O/c1-2-23-12-14-25(15-13-23)20-8-11-26(17-20)21(27)22-18-6-5-7-19(16-18)24-9-3-4-10-24/h3-7,9-10,16,20H,2,8,11-15,17H2,1H3,(H,22,27)/t20-/m0/s1. The summed E-state index contributed by atoms with van der Waals surface area (Å²) in [6.07, 6.45) is 5.08. The number of amides is 2. The highest BCUT2D eigenvalue weighted by atomic mass is 16.2. The van der Waals surface area contributed by atoms with Crippen LogP contribution in [0, 0.1) is 0 Å².